The molecule has 3 aromatic rings. The number of hydrogen-bond donors (Lipinski definition) is 0. The summed E-state index contributed by atoms with van der Waals surface area (Å²) in [7, 11) is 1.08. The minimum Gasteiger partial charge on any atom is -0.495 e. The van der Waals surface area contributed by atoms with Crippen molar-refractivity contribution in [3.8, 4) is 5.75 Å². The van der Waals surface area contributed by atoms with E-state index in [2.05, 4.69) is 0 Å². The van der Waals surface area contributed by atoms with E-state index in [1.54, 1.807) is 0 Å². The Balaban J connectivity index is 2.50. The SMILES string of the molecule is COc1c(F)cc(F)c[c]1[Al]([c]1c(F)ccc(C)c1F)[c]1c(F)ccc(C)c1F. The van der Waals surface area contributed by atoms with Crippen molar-refractivity contribution in [2.75, 3.05) is 7.11 Å². The second-order valence-corrected chi connectivity index (χ2v) is 9.27. The van der Waals surface area contributed by atoms with Gasteiger partial charge in [-0.15, -0.1) is 0 Å². The topological polar surface area (TPSA) is 9.23 Å². The van der Waals surface area contributed by atoms with Crippen LogP contribution in [0.1, 0.15) is 11.1 Å². The van der Waals surface area contributed by atoms with Gasteiger partial charge in [0.2, 0.25) is 0 Å². The van der Waals surface area contributed by atoms with Crippen LogP contribution < -0.4 is 18.0 Å². The predicted octanol–water partition coefficient (Wildman–Crippen LogP) is 3.66. The highest BCUT2D eigenvalue weighted by Crippen LogP contribution is 2.19. The molecule has 0 aliphatic carbocycles. The van der Waals surface area contributed by atoms with Crippen LogP contribution in [0.15, 0.2) is 36.4 Å². The number of ether oxygens (including phenoxy) is 1. The zero-order chi connectivity index (χ0) is 21.5. The summed E-state index contributed by atoms with van der Waals surface area (Å²) in [6.45, 7) is 2.71. The van der Waals surface area contributed by atoms with Crippen molar-refractivity contribution in [1.29, 1.82) is 0 Å². The molecule has 3 aromatic carbocycles. The lowest BCUT2D eigenvalue weighted by Crippen LogP contribution is -2.57. The standard InChI is InChI=1S/C7H5F2O.2C7H5F2.Al/c1-10-7-3-2-5(8)4-6(7)9;2*1-5-2-3-6(8)4-7(5)9;/h2,4H,1H3;2*2-3H,1H3;. The van der Waals surface area contributed by atoms with Gasteiger partial charge in [0.25, 0.3) is 0 Å². The van der Waals surface area contributed by atoms with Crippen LogP contribution >= 0.6 is 0 Å². The normalized spacial score (nSPS) is 10.9. The predicted molar refractivity (Wildman–Crippen MR) is 99.8 cm³/mol. The number of aryl methyl sites for hydroxylation is 2. The van der Waals surface area contributed by atoms with Gasteiger partial charge in [-0.3, -0.25) is 0 Å². The van der Waals surface area contributed by atoms with Gasteiger partial charge in [0, 0.05) is 6.07 Å². The molecule has 3 rings (SSSR count). The van der Waals surface area contributed by atoms with Crippen molar-refractivity contribution in [3.63, 3.8) is 0 Å². The van der Waals surface area contributed by atoms with E-state index in [-0.39, 0.29) is 15.6 Å². The van der Waals surface area contributed by atoms with E-state index in [9.17, 15) is 17.6 Å². The monoisotopic (exact) mass is 424 g/mol. The molecule has 0 heterocycles. The molecule has 0 bridgehead atoms. The summed E-state index contributed by atoms with van der Waals surface area (Å²) < 4.78 is 91.4. The van der Waals surface area contributed by atoms with Gasteiger partial charge in [0.05, 0.1) is 7.11 Å². The Hall–Kier alpha value is -2.43. The molecule has 0 atom stereocenters. The first-order chi connectivity index (χ1) is 13.7. The van der Waals surface area contributed by atoms with Crippen LogP contribution in [0, 0.1) is 48.8 Å². The molecule has 150 valence electrons. The maximum Gasteiger partial charge on any atom is 0.408 e. The van der Waals surface area contributed by atoms with Crippen molar-refractivity contribution in [3.05, 3.63) is 82.4 Å². The van der Waals surface area contributed by atoms with E-state index in [0.29, 0.717) is 6.07 Å². The molecule has 0 aromatic heterocycles. The first kappa shape index (κ1) is 21.3. The smallest absolute Gasteiger partial charge is 0.408 e. The summed E-state index contributed by atoms with van der Waals surface area (Å²) >= 11 is -3.74. The fourth-order valence-electron chi connectivity index (χ4n) is 3.35. The Morgan fingerprint density at radius 3 is 1.62 bits per heavy atom. The Kier molecular flexibility index (Phi) is 5.97. The molecule has 0 fully saturated rings. The molecule has 0 N–H and O–H groups in total. The largest absolute Gasteiger partial charge is 0.495 e. The lowest BCUT2D eigenvalue weighted by Gasteiger charge is -2.21. The summed E-state index contributed by atoms with van der Waals surface area (Å²) in [5.74, 6) is -6.86. The number of hydrogen-bond acceptors (Lipinski definition) is 1. The lowest BCUT2D eigenvalue weighted by molar-refractivity contribution is 0.387. The summed E-state index contributed by atoms with van der Waals surface area (Å²) in [4.78, 5) is 0. The van der Waals surface area contributed by atoms with Gasteiger partial charge in [-0.1, -0.05) is 16.6 Å². The summed E-state index contributed by atoms with van der Waals surface area (Å²) in [5, 5.41) is 0. The highest BCUT2D eigenvalue weighted by atomic mass is 27.2. The first-order valence-corrected chi connectivity index (χ1v) is 10.3. The van der Waals surface area contributed by atoms with Gasteiger partial charge in [-0.25, -0.2) is 26.3 Å². The molecular formula is C21H15AlF6O. The quantitative estimate of drug-likeness (QED) is 0.459. The van der Waals surface area contributed by atoms with Gasteiger partial charge >= 0.3 is 14.1 Å². The Bertz CT molecular complexity index is 1040. The number of rotatable bonds is 4. The van der Waals surface area contributed by atoms with E-state index < -0.39 is 63.7 Å². The molecule has 29 heavy (non-hydrogen) atoms. The lowest BCUT2D eigenvalue weighted by atomic mass is 10.2. The molecule has 0 radical (unpaired) electrons. The van der Waals surface area contributed by atoms with Crippen LogP contribution in [0.2, 0.25) is 0 Å². The third kappa shape index (κ3) is 3.75. The van der Waals surface area contributed by atoms with E-state index >= 15 is 8.78 Å². The average Bonchev–Trinajstić information content (AvgIpc) is 2.66. The van der Waals surface area contributed by atoms with Crippen LogP contribution in [-0.4, -0.2) is 21.3 Å². The molecule has 0 aliphatic rings. The highest BCUT2D eigenvalue weighted by Gasteiger charge is 2.39. The molecule has 0 spiro atoms. The summed E-state index contributed by atoms with van der Waals surface area (Å²) in [6.07, 6.45) is 0. The van der Waals surface area contributed by atoms with Gasteiger partial charge in [-0.2, -0.15) is 0 Å². The van der Waals surface area contributed by atoms with Gasteiger partial charge in [0.15, 0.2) is 5.82 Å². The van der Waals surface area contributed by atoms with Crippen molar-refractivity contribution < 1.29 is 31.1 Å². The zero-order valence-corrected chi connectivity index (χ0v) is 16.9. The zero-order valence-electron chi connectivity index (χ0n) is 15.7. The highest BCUT2D eigenvalue weighted by molar-refractivity contribution is 6.96. The van der Waals surface area contributed by atoms with Crippen molar-refractivity contribution >= 4 is 27.4 Å². The summed E-state index contributed by atoms with van der Waals surface area (Å²) in [6, 6.07) is 5.60. The Labute approximate surface area is 167 Å². The van der Waals surface area contributed by atoms with Crippen LogP contribution in [0.3, 0.4) is 0 Å². The van der Waals surface area contributed by atoms with Crippen molar-refractivity contribution in [2.24, 2.45) is 0 Å². The summed E-state index contributed by atoms with van der Waals surface area (Å²) in [5.41, 5.74) is 0.0615. The first-order valence-electron chi connectivity index (χ1n) is 8.59. The maximum atomic E-state index is 15.0. The third-order valence-corrected chi connectivity index (χ3v) is 8.03. The second kappa shape index (κ2) is 8.13. The molecular weight excluding hydrogens is 409 g/mol. The van der Waals surface area contributed by atoms with Crippen LogP contribution in [0.5, 0.6) is 5.75 Å². The molecule has 1 nitrogen and oxygen atoms in total. The molecule has 0 saturated carbocycles. The minimum atomic E-state index is -3.74. The Morgan fingerprint density at radius 2 is 1.17 bits per heavy atom. The molecule has 0 aliphatic heterocycles. The molecule has 0 amide bonds. The Morgan fingerprint density at radius 1 is 0.690 bits per heavy atom. The van der Waals surface area contributed by atoms with Gasteiger partial charge in [-0.05, 0) is 52.0 Å². The van der Waals surface area contributed by atoms with Crippen LogP contribution in [0.4, 0.5) is 26.3 Å². The third-order valence-electron chi connectivity index (χ3n) is 4.77. The van der Waals surface area contributed by atoms with E-state index in [1.807, 2.05) is 0 Å². The molecule has 0 saturated heterocycles. The second-order valence-electron chi connectivity index (χ2n) is 6.63. The number of halogens is 6. The maximum absolute atomic E-state index is 15.0. The molecule has 0 unspecified atom stereocenters. The van der Waals surface area contributed by atoms with Crippen LogP contribution in [-0.2, 0) is 0 Å². The minimum absolute atomic E-state index is 0.0308. The van der Waals surface area contributed by atoms with Crippen molar-refractivity contribution in [2.45, 2.75) is 13.8 Å². The fraction of sp³-hybridized carbons (Fsp3) is 0.143. The molecule has 8 heteroatoms. The fourth-order valence-corrected chi connectivity index (χ4v) is 6.81. The number of methoxy groups -OCH3 is 1. The van der Waals surface area contributed by atoms with E-state index in [4.69, 9.17) is 4.74 Å². The van der Waals surface area contributed by atoms with Gasteiger partial charge in [0.1, 0.15) is 34.8 Å². The average molecular weight is 424 g/mol. The van der Waals surface area contributed by atoms with Crippen molar-refractivity contribution in [1.82, 2.24) is 0 Å². The van der Waals surface area contributed by atoms with Crippen LogP contribution in [0.25, 0.3) is 0 Å². The van der Waals surface area contributed by atoms with E-state index in [1.165, 1.54) is 26.0 Å². The van der Waals surface area contributed by atoms with Gasteiger partial charge < -0.3 is 4.74 Å². The van der Waals surface area contributed by atoms with E-state index in [0.717, 1.165) is 25.3 Å². The number of benzene rings is 3.